The van der Waals surface area contributed by atoms with Crippen LogP contribution < -0.4 is 10.1 Å². The molecule has 0 fully saturated rings. The molecule has 1 N–H and O–H groups in total. The van der Waals surface area contributed by atoms with E-state index in [1.165, 1.54) is 12.0 Å². The lowest BCUT2D eigenvalue weighted by atomic mass is 10.1. The second-order valence-corrected chi connectivity index (χ2v) is 5.88. The van der Waals surface area contributed by atoms with Crippen LogP contribution in [0.15, 0.2) is 22.7 Å². The first kappa shape index (κ1) is 15.5. The zero-order valence-corrected chi connectivity index (χ0v) is 13.2. The van der Waals surface area contributed by atoms with Crippen LogP contribution in [0.1, 0.15) is 39.2 Å². The minimum atomic E-state index is 0.746. The normalized spacial score (nSPS) is 10.9. The molecular formula is C15H24BrNO. The monoisotopic (exact) mass is 313 g/mol. The summed E-state index contributed by atoms with van der Waals surface area (Å²) in [5.74, 6) is 1.74. The van der Waals surface area contributed by atoms with E-state index in [-0.39, 0.29) is 0 Å². The van der Waals surface area contributed by atoms with Crippen molar-refractivity contribution in [2.45, 2.75) is 40.2 Å². The Labute approximate surface area is 119 Å². The maximum absolute atomic E-state index is 5.76. The maximum atomic E-state index is 5.76. The summed E-state index contributed by atoms with van der Waals surface area (Å²) in [6.07, 6.45) is 2.25. The fourth-order valence-electron chi connectivity index (χ4n) is 1.65. The lowest BCUT2D eigenvalue weighted by Gasteiger charge is -2.13. The molecule has 18 heavy (non-hydrogen) atoms. The van der Waals surface area contributed by atoms with E-state index in [2.05, 4.69) is 48.1 Å². The van der Waals surface area contributed by atoms with Crippen molar-refractivity contribution in [3.05, 3.63) is 28.2 Å². The van der Waals surface area contributed by atoms with Gasteiger partial charge in [-0.1, -0.05) is 36.7 Å². The molecule has 0 atom stereocenters. The molecule has 1 aromatic rings. The molecule has 1 rings (SSSR count). The van der Waals surface area contributed by atoms with Gasteiger partial charge in [-0.2, -0.15) is 0 Å². The van der Waals surface area contributed by atoms with Gasteiger partial charge in [-0.3, -0.25) is 0 Å². The molecule has 0 spiro atoms. The number of hydrogen-bond donors (Lipinski definition) is 1. The molecule has 0 radical (unpaired) electrons. The summed E-state index contributed by atoms with van der Waals surface area (Å²) in [5, 5.41) is 3.48. The summed E-state index contributed by atoms with van der Waals surface area (Å²) in [6.45, 7) is 9.32. The topological polar surface area (TPSA) is 21.3 Å². The Kier molecular flexibility index (Phi) is 7.36. The first-order chi connectivity index (χ1) is 8.63. The van der Waals surface area contributed by atoms with E-state index in [9.17, 15) is 0 Å². The van der Waals surface area contributed by atoms with Crippen LogP contribution in [0.4, 0.5) is 0 Å². The van der Waals surface area contributed by atoms with E-state index in [1.54, 1.807) is 0 Å². The van der Waals surface area contributed by atoms with Crippen molar-refractivity contribution >= 4 is 15.9 Å². The fourth-order valence-corrected chi connectivity index (χ4v) is 2.06. The van der Waals surface area contributed by atoms with Gasteiger partial charge >= 0.3 is 0 Å². The quantitative estimate of drug-likeness (QED) is 0.719. The van der Waals surface area contributed by atoms with E-state index in [4.69, 9.17) is 4.74 Å². The van der Waals surface area contributed by atoms with Crippen molar-refractivity contribution in [1.82, 2.24) is 5.32 Å². The third kappa shape index (κ3) is 5.87. The van der Waals surface area contributed by atoms with Crippen LogP contribution in [-0.2, 0) is 6.54 Å². The van der Waals surface area contributed by atoms with Gasteiger partial charge < -0.3 is 10.1 Å². The summed E-state index contributed by atoms with van der Waals surface area (Å²) in [4.78, 5) is 0. The van der Waals surface area contributed by atoms with E-state index >= 15 is 0 Å². The third-order valence-electron chi connectivity index (χ3n) is 2.70. The summed E-state index contributed by atoms with van der Waals surface area (Å²) in [7, 11) is 0. The molecule has 102 valence electrons. The smallest absolute Gasteiger partial charge is 0.123 e. The molecule has 2 nitrogen and oxygen atoms in total. The molecule has 0 aromatic heterocycles. The van der Waals surface area contributed by atoms with Crippen LogP contribution in [0, 0.1) is 5.92 Å². The van der Waals surface area contributed by atoms with Crippen LogP contribution in [0.5, 0.6) is 5.75 Å². The van der Waals surface area contributed by atoms with Gasteiger partial charge in [0, 0.05) is 16.6 Å². The average Bonchev–Trinajstić information content (AvgIpc) is 2.33. The van der Waals surface area contributed by atoms with E-state index in [1.807, 2.05) is 12.1 Å². The second kappa shape index (κ2) is 8.54. The molecular weight excluding hydrogens is 290 g/mol. The molecule has 0 aliphatic rings. The summed E-state index contributed by atoms with van der Waals surface area (Å²) in [5.41, 5.74) is 1.22. The van der Waals surface area contributed by atoms with E-state index in [0.29, 0.717) is 0 Å². The summed E-state index contributed by atoms with van der Waals surface area (Å²) < 4.78 is 6.86. The molecule has 0 saturated heterocycles. The Morgan fingerprint density at radius 3 is 2.78 bits per heavy atom. The number of nitrogens with one attached hydrogen (secondary N) is 1. The van der Waals surface area contributed by atoms with Gasteiger partial charge in [-0.25, -0.2) is 0 Å². The number of benzene rings is 1. The van der Waals surface area contributed by atoms with Crippen molar-refractivity contribution in [3.8, 4) is 5.75 Å². The minimum absolute atomic E-state index is 0.746. The Morgan fingerprint density at radius 2 is 2.11 bits per heavy atom. The van der Waals surface area contributed by atoms with Crippen LogP contribution in [0.25, 0.3) is 0 Å². The average molecular weight is 314 g/mol. The van der Waals surface area contributed by atoms with Crippen molar-refractivity contribution in [2.75, 3.05) is 13.2 Å². The van der Waals surface area contributed by atoms with E-state index < -0.39 is 0 Å². The highest BCUT2D eigenvalue weighted by Crippen LogP contribution is 2.23. The largest absolute Gasteiger partial charge is 0.493 e. The predicted octanol–water partition coefficient (Wildman–Crippen LogP) is 4.37. The van der Waals surface area contributed by atoms with E-state index in [0.717, 1.165) is 42.3 Å². The van der Waals surface area contributed by atoms with Crippen molar-refractivity contribution < 1.29 is 4.74 Å². The molecule has 0 saturated carbocycles. The second-order valence-electron chi connectivity index (χ2n) is 4.96. The zero-order chi connectivity index (χ0) is 13.4. The summed E-state index contributed by atoms with van der Waals surface area (Å²) >= 11 is 3.51. The zero-order valence-electron chi connectivity index (χ0n) is 11.6. The van der Waals surface area contributed by atoms with Crippen LogP contribution in [-0.4, -0.2) is 13.2 Å². The lowest BCUT2D eigenvalue weighted by Crippen LogP contribution is -2.17. The van der Waals surface area contributed by atoms with Gasteiger partial charge in [-0.05, 0) is 43.5 Å². The highest BCUT2D eigenvalue weighted by Gasteiger charge is 2.04. The molecule has 0 unspecified atom stereocenters. The first-order valence-corrected chi connectivity index (χ1v) is 7.54. The Hall–Kier alpha value is -0.540. The number of ether oxygens (including phenoxy) is 1. The van der Waals surface area contributed by atoms with Crippen LogP contribution in [0.3, 0.4) is 0 Å². The van der Waals surface area contributed by atoms with Crippen LogP contribution in [0.2, 0.25) is 0 Å². The molecule has 1 aromatic carbocycles. The highest BCUT2D eigenvalue weighted by molar-refractivity contribution is 9.10. The molecule has 0 amide bonds. The van der Waals surface area contributed by atoms with Gasteiger partial charge in [0.05, 0.1) is 6.61 Å². The Morgan fingerprint density at radius 1 is 1.33 bits per heavy atom. The molecule has 0 bridgehead atoms. The molecule has 3 heteroatoms. The SMILES string of the molecule is CCCOc1ccc(Br)cc1CNCCC(C)C. The minimum Gasteiger partial charge on any atom is -0.493 e. The number of rotatable bonds is 8. The Bertz CT molecular complexity index is 352. The first-order valence-electron chi connectivity index (χ1n) is 6.75. The molecule has 0 aliphatic heterocycles. The predicted molar refractivity (Wildman–Crippen MR) is 81.1 cm³/mol. The van der Waals surface area contributed by atoms with Crippen molar-refractivity contribution in [1.29, 1.82) is 0 Å². The standard InChI is InChI=1S/C15H24BrNO/c1-4-9-18-15-6-5-14(16)10-13(15)11-17-8-7-12(2)3/h5-6,10,12,17H,4,7-9,11H2,1-3H3. The summed E-state index contributed by atoms with van der Waals surface area (Å²) in [6, 6.07) is 6.20. The Balaban J connectivity index is 2.52. The van der Waals surface area contributed by atoms with Gasteiger partial charge in [0.2, 0.25) is 0 Å². The van der Waals surface area contributed by atoms with Gasteiger partial charge in [-0.15, -0.1) is 0 Å². The fraction of sp³-hybridized carbons (Fsp3) is 0.600. The molecule has 0 heterocycles. The number of halogens is 1. The lowest BCUT2D eigenvalue weighted by molar-refractivity contribution is 0.313. The van der Waals surface area contributed by atoms with Gasteiger partial charge in [0.15, 0.2) is 0 Å². The molecule has 0 aliphatic carbocycles. The highest BCUT2D eigenvalue weighted by atomic mass is 79.9. The van der Waals surface area contributed by atoms with Crippen molar-refractivity contribution in [2.24, 2.45) is 5.92 Å². The number of hydrogen-bond acceptors (Lipinski definition) is 2. The van der Waals surface area contributed by atoms with Crippen LogP contribution >= 0.6 is 15.9 Å². The third-order valence-corrected chi connectivity index (χ3v) is 3.19. The van der Waals surface area contributed by atoms with Gasteiger partial charge in [0.1, 0.15) is 5.75 Å². The van der Waals surface area contributed by atoms with Gasteiger partial charge in [0.25, 0.3) is 0 Å². The maximum Gasteiger partial charge on any atom is 0.123 e. The van der Waals surface area contributed by atoms with Crippen molar-refractivity contribution in [3.63, 3.8) is 0 Å².